The van der Waals surface area contributed by atoms with Crippen molar-refractivity contribution in [1.29, 1.82) is 0 Å². The van der Waals surface area contributed by atoms with E-state index >= 15 is 0 Å². The van der Waals surface area contributed by atoms with Gasteiger partial charge < -0.3 is 10.7 Å². The van der Waals surface area contributed by atoms with E-state index in [1.807, 2.05) is 6.20 Å². The van der Waals surface area contributed by atoms with Gasteiger partial charge in [0.15, 0.2) is 0 Å². The van der Waals surface area contributed by atoms with Crippen LogP contribution in [0.2, 0.25) is 0 Å². The van der Waals surface area contributed by atoms with E-state index in [2.05, 4.69) is 63.7 Å². The number of hydrogen-bond donors (Lipinski definition) is 2. The van der Waals surface area contributed by atoms with Crippen molar-refractivity contribution < 1.29 is 0 Å². The number of imidazole rings is 1. The zero-order valence-electron chi connectivity index (χ0n) is 9.07. The molecular formula is C12H14IN3. The van der Waals surface area contributed by atoms with Crippen LogP contribution in [0.4, 0.5) is 0 Å². The highest BCUT2D eigenvalue weighted by molar-refractivity contribution is 14.1. The zero-order valence-corrected chi connectivity index (χ0v) is 11.2. The maximum absolute atomic E-state index is 5.61. The van der Waals surface area contributed by atoms with Crippen LogP contribution in [0.5, 0.6) is 0 Å². The lowest BCUT2D eigenvalue weighted by atomic mass is 10.1. The third-order valence-corrected chi connectivity index (χ3v) is 3.29. The van der Waals surface area contributed by atoms with Gasteiger partial charge in [0.05, 0.1) is 11.9 Å². The minimum Gasteiger partial charge on any atom is -0.342 e. The van der Waals surface area contributed by atoms with Gasteiger partial charge in [-0.1, -0.05) is 19.1 Å². The van der Waals surface area contributed by atoms with E-state index in [9.17, 15) is 0 Å². The van der Waals surface area contributed by atoms with Gasteiger partial charge in [-0.3, -0.25) is 0 Å². The van der Waals surface area contributed by atoms with Crippen LogP contribution < -0.4 is 5.73 Å². The van der Waals surface area contributed by atoms with Gasteiger partial charge >= 0.3 is 0 Å². The predicted octanol–water partition coefficient (Wildman–Crippen LogP) is 2.74. The number of H-pyrrole nitrogens is 1. The van der Waals surface area contributed by atoms with Crippen LogP contribution in [-0.4, -0.2) is 16.5 Å². The molecule has 84 valence electrons. The number of nitrogens with one attached hydrogen (secondary N) is 1. The van der Waals surface area contributed by atoms with Gasteiger partial charge in [-0.05, 0) is 40.3 Å². The molecule has 1 atom stereocenters. The molecule has 0 spiro atoms. The molecule has 4 heteroatoms. The average molecular weight is 327 g/mol. The fourth-order valence-corrected chi connectivity index (χ4v) is 1.83. The normalized spacial score (nSPS) is 12.7. The highest BCUT2D eigenvalue weighted by Crippen LogP contribution is 2.20. The smallest absolute Gasteiger partial charge is 0.110 e. The molecule has 0 bridgehead atoms. The lowest BCUT2D eigenvalue weighted by molar-refractivity contribution is 0.725. The van der Waals surface area contributed by atoms with E-state index < -0.39 is 0 Å². The van der Waals surface area contributed by atoms with Crippen molar-refractivity contribution in [2.24, 2.45) is 5.73 Å². The molecule has 1 aromatic heterocycles. The third-order valence-electron chi connectivity index (χ3n) is 2.57. The standard InChI is InChI=1S/C12H14IN3/c1-8(6-14)12-15-7-11(16-12)9-2-4-10(13)5-3-9/h2-5,7-8H,6,14H2,1H3,(H,15,16). The van der Waals surface area contributed by atoms with E-state index in [1.165, 1.54) is 3.57 Å². The largest absolute Gasteiger partial charge is 0.342 e. The highest BCUT2D eigenvalue weighted by atomic mass is 127. The molecule has 0 saturated carbocycles. The first-order valence-corrected chi connectivity index (χ1v) is 6.29. The molecule has 0 fully saturated rings. The summed E-state index contributed by atoms with van der Waals surface area (Å²) in [5.41, 5.74) is 7.81. The molecule has 3 nitrogen and oxygen atoms in total. The zero-order chi connectivity index (χ0) is 11.5. The summed E-state index contributed by atoms with van der Waals surface area (Å²) in [6.45, 7) is 2.68. The first-order valence-electron chi connectivity index (χ1n) is 5.21. The first-order chi connectivity index (χ1) is 7.70. The highest BCUT2D eigenvalue weighted by Gasteiger charge is 2.08. The van der Waals surface area contributed by atoms with Gasteiger partial charge in [0.25, 0.3) is 0 Å². The van der Waals surface area contributed by atoms with E-state index in [0.29, 0.717) is 6.54 Å². The van der Waals surface area contributed by atoms with Crippen molar-refractivity contribution in [3.8, 4) is 11.3 Å². The number of aromatic nitrogens is 2. The van der Waals surface area contributed by atoms with Crippen LogP contribution in [0.1, 0.15) is 18.7 Å². The molecule has 0 aliphatic rings. The number of nitrogens with zero attached hydrogens (tertiary/aromatic N) is 1. The van der Waals surface area contributed by atoms with E-state index in [0.717, 1.165) is 17.1 Å². The summed E-state index contributed by atoms with van der Waals surface area (Å²) in [4.78, 5) is 7.65. The van der Waals surface area contributed by atoms with Crippen LogP contribution in [0.25, 0.3) is 11.3 Å². The van der Waals surface area contributed by atoms with E-state index in [1.54, 1.807) is 0 Å². The Hall–Kier alpha value is -0.880. The van der Waals surface area contributed by atoms with Crippen LogP contribution in [0, 0.1) is 3.57 Å². The van der Waals surface area contributed by atoms with Gasteiger partial charge in [-0.25, -0.2) is 4.98 Å². The van der Waals surface area contributed by atoms with Gasteiger partial charge in [0.1, 0.15) is 5.82 Å². The molecule has 0 radical (unpaired) electrons. The molecule has 1 heterocycles. The number of halogens is 1. The molecule has 2 rings (SSSR count). The number of hydrogen-bond acceptors (Lipinski definition) is 2. The SMILES string of the molecule is CC(CN)c1ncc(-c2ccc(I)cc2)[nH]1. The maximum Gasteiger partial charge on any atom is 0.110 e. The molecular weight excluding hydrogens is 313 g/mol. The Morgan fingerprint density at radius 2 is 2.06 bits per heavy atom. The number of rotatable bonds is 3. The van der Waals surface area contributed by atoms with Crippen LogP contribution in [0.15, 0.2) is 30.5 Å². The van der Waals surface area contributed by atoms with Crippen LogP contribution >= 0.6 is 22.6 Å². The molecule has 2 aromatic rings. The molecule has 0 saturated heterocycles. The van der Waals surface area contributed by atoms with Gasteiger partial charge in [-0.2, -0.15) is 0 Å². The summed E-state index contributed by atoms with van der Waals surface area (Å²) >= 11 is 2.30. The molecule has 0 amide bonds. The van der Waals surface area contributed by atoms with Gasteiger partial charge in [0, 0.05) is 16.0 Å². The lowest BCUT2D eigenvalue weighted by Gasteiger charge is -2.03. The summed E-state index contributed by atoms with van der Waals surface area (Å²) in [6, 6.07) is 8.35. The Bertz CT molecular complexity index is 461. The van der Waals surface area contributed by atoms with Crippen molar-refractivity contribution in [3.63, 3.8) is 0 Å². The molecule has 16 heavy (non-hydrogen) atoms. The van der Waals surface area contributed by atoms with Gasteiger partial charge in [-0.15, -0.1) is 0 Å². The summed E-state index contributed by atoms with van der Waals surface area (Å²) < 4.78 is 1.23. The average Bonchev–Trinajstić information content (AvgIpc) is 2.78. The first kappa shape index (κ1) is 11.6. The molecule has 0 aliphatic heterocycles. The van der Waals surface area contributed by atoms with Crippen LogP contribution in [0.3, 0.4) is 0 Å². The Balaban J connectivity index is 2.28. The Kier molecular flexibility index (Phi) is 3.60. The fraction of sp³-hybridized carbons (Fsp3) is 0.250. The fourth-order valence-electron chi connectivity index (χ4n) is 1.47. The molecule has 0 aliphatic carbocycles. The summed E-state index contributed by atoms with van der Waals surface area (Å²) in [5, 5.41) is 0. The van der Waals surface area contributed by atoms with Crippen molar-refractivity contribution in [1.82, 2.24) is 9.97 Å². The lowest BCUT2D eigenvalue weighted by Crippen LogP contribution is -2.10. The van der Waals surface area contributed by atoms with Crippen molar-refractivity contribution in [2.45, 2.75) is 12.8 Å². The maximum atomic E-state index is 5.61. The molecule has 3 N–H and O–H groups in total. The second-order valence-electron chi connectivity index (χ2n) is 3.83. The second-order valence-corrected chi connectivity index (χ2v) is 5.07. The number of benzene rings is 1. The molecule has 1 unspecified atom stereocenters. The predicted molar refractivity (Wildman–Crippen MR) is 74.2 cm³/mol. The monoisotopic (exact) mass is 327 g/mol. The minimum atomic E-state index is 0.276. The molecule has 1 aromatic carbocycles. The quantitative estimate of drug-likeness (QED) is 0.852. The van der Waals surface area contributed by atoms with Crippen molar-refractivity contribution >= 4 is 22.6 Å². The summed E-state index contributed by atoms with van der Waals surface area (Å²) in [5.74, 6) is 1.23. The Morgan fingerprint density at radius 3 is 2.69 bits per heavy atom. The van der Waals surface area contributed by atoms with Crippen molar-refractivity contribution in [3.05, 3.63) is 39.9 Å². The van der Waals surface area contributed by atoms with E-state index in [4.69, 9.17) is 5.73 Å². The van der Waals surface area contributed by atoms with Gasteiger partial charge in [0.2, 0.25) is 0 Å². The minimum absolute atomic E-state index is 0.276. The van der Waals surface area contributed by atoms with Crippen molar-refractivity contribution in [2.75, 3.05) is 6.54 Å². The topological polar surface area (TPSA) is 54.7 Å². The summed E-state index contributed by atoms with van der Waals surface area (Å²) in [6.07, 6.45) is 1.86. The van der Waals surface area contributed by atoms with E-state index in [-0.39, 0.29) is 5.92 Å². The van der Waals surface area contributed by atoms with Crippen LogP contribution in [-0.2, 0) is 0 Å². The number of nitrogens with two attached hydrogens (primary N) is 1. The Morgan fingerprint density at radius 1 is 1.38 bits per heavy atom. The number of aromatic amines is 1. The second kappa shape index (κ2) is 4.97. The third kappa shape index (κ3) is 2.44. The summed E-state index contributed by atoms with van der Waals surface area (Å²) in [7, 11) is 0. The Labute approximate surface area is 109 Å².